The molecule has 1 aromatic heterocycles. The number of carboxylic acids is 1. The van der Waals surface area contributed by atoms with Crippen LogP contribution >= 0.6 is 0 Å². The highest BCUT2D eigenvalue weighted by atomic mass is 16.4. The standard InChI is InChI=1S/C16H21N3O2/c20-16(21)11-14-3-5-15(6-4-14)12-17-7-1-2-9-19-10-8-18-13-19/h3-6,8,10,13,17H,1-2,7,9,11-12H2,(H,20,21). The third kappa shape index (κ3) is 5.79. The fourth-order valence-corrected chi connectivity index (χ4v) is 2.15. The predicted molar refractivity (Wildman–Crippen MR) is 80.9 cm³/mol. The first-order chi connectivity index (χ1) is 10.2. The molecule has 0 aliphatic rings. The minimum Gasteiger partial charge on any atom is -0.481 e. The van der Waals surface area contributed by atoms with Gasteiger partial charge in [-0.2, -0.15) is 0 Å². The van der Waals surface area contributed by atoms with Gasteiger partial charge >= 0.3 is 5.97 Å². The second-order valence-electron chi connectivity index (χ2n) is 5.07. The first kappa shape index (κ1) is 15.3. The van der Waals surface area contributed by atoms with E-state index in [1.165, 1.54) is 5.56 Å². The largest absolute Gasteiger partial charge is 0.481 e. The minimum absolute atomic E-state index is 0.0853. The zero-order chi connectivity index (χ0) is 14.9. The number of hydrogen-bond donors (Lipinski definition) is 2. The predicted octanol–water partition coefficient (Wildman–Crippen LogP) is 2.08. The molecule has 0 radical (unpaired) electrons. The highest BCUT2D eigenvalue weighted by Crippen LogP contribution is 2.05. The summed E-state index contributed by atoms with van der Waals surface area (Å²) < 4.78 is 2.08. The fraction of sp³-hybridized carbons (Fsp3) is 0.375. The van der Waals surface area contributed by atoms with E-state index in [0.29, 0.717) is 0 Å². The number of aliphatic carboxylic acids is 1. The summed E-state index contributed by atoms with van der Waals surface area (Å²) in [7, 11) is 0. The molecule has 0 saturated carbocycles. The average molecular weight is 287 g/mol. The Bertz CT molecular complexity index is 535. The van der Waals surface area contributed by atoms with Crippen molar-refractivity contribution in [1.82, 2.24) is 14.9 Å². The zero-order valence-corrected chi connectivity index (χ0v) is 12.0. The molecule has 0 amide bonds. The Hall–Kier alpha value is -2.14. The molecule has 112 valence electrons. The van der Waals surface area contributed by atoms with Crippen molar-refractivity contribution >= 4 is 5.97 Å². The second kappa shape index (κ2) is 8.21. The molecular weight excluding hydrogens is 266 g/mol. The van der Waals surface area contributed by atoms with Crippen molar-refractivity contribution < 1.29 is 9.90 Å². The number of nitrogens with zero attached hydrogens (tertiary/aromatic N) is 2. The van der Waals surface area contributed by atoms with E-state index in [0.717, 1.165) is 38.0 Å². The molecule has 0 aliphatic heterocycles. The molecule has 1 heterocycles. The number of carboxylic acid groups (broad SMARTS) is 1. The normalized spacial score (nSPS) is 10.7. The van der Waals surface area contributed by atoms with Crippen LogP contribution in [0.15, 0.2) is 43.0 Å². The SMILES string of the molecule is O=C(O)Cc1ccc(CNCCCCn2ccnc2)cc1. The van der Waals surface area contributed by atoms with Crippen LogP contribution in [-0.2, 0) is 24.3 Å². The van der Waals surface area contributed by atoms with Crippen molar-refractivity contribution in [2.24, 2.45) is 0 Å². The Kier molecular flexibility index (Phi) is 5.97. The summed E-state index contributed by atoms with van der Waals surface area (Å²) in [5.74, 6) is -0.793. The molecule has 0 saturated heterocycles. The van der Waals surface area contributed by atoms with Crippen LogP contribution in [0.1, 0.15) is 24.0 Å². The molecule has 0 fully saturated rings. The lowest BCUT2D eigenvalue weighted by molar-refractivity contribution is -0.136. The Labute approximate surface area is 124 Å². The lowest BCUT2D eigenvalue weighted by Gasteiger charge is -2.06. The van der Waals surface area contributed by atoms with E-state index in [-0.39, 0.29) is 6.42 Å². The van der Waals surface area contributed by atoms with Gasteiger partial charge in [0.25, 0.3) is 0 Å². The van der Waals surface area contributed by atoms with Gasteiger partial charge in [0, 0.05) is 25.5 Å². The maximum absolute atomic E-state index is 10.6. The summed E-state index contributed by atoms with van der Waals surface area (Å²) in [5.41, 5.74) is 2.02. The smallest absolute Gasteiger partial charge is 0.307 e. The van der Waals surface area contributed by atoms with Crippen LogP contribution in [0.4, 0.5) is 0 Å². The first-order valence-corrected chi connectivity index (χ1v) is 7.20. The van der Waals surface area contributed by atoms with Crippen LogP contribution in [0.3, 0.4) is 0 Å². The summed E-state index contributed by atoms with van der Waals surface area (Å²) in [6.07, 6.45) is 7.95. The third-order valence-electron chi connectivity index (χ3n) is 3.29. The minimum atomic E-state index is -0.793. The van der Waals surface area contributed by atoms with Crippen LogP contribution < -0.4 is 5.32 Å². The van der Waals surface area contributed by atoms with Gasteiger partial charge in [-0.3, -0.25) is 4.79 Å². The van der Waals surface area contributed by atoms with Gasteiger partial charge in [-0.05, 0) is 30.5 Å². The molecule has 0 atom stereocenters. The van der Waals surface area contributed by atoms with Gasteiger partial charge in [-0.1, -0.05) is 24.3 Å². The molecule has 2 N–H and O–H groups in total. The van der Waals surface area contributed by atoms with Crippen molar-refractivity contribution in [3.8, 4) is 0 Å². The lowest BCUT2D eigenvalue weighted by Crippen LogP contribution is -2.15. The van der Waals surface area contributed by atoms with E-state index in [1.807, 2.05) is 36.8 Å². The number of aromatic nitrogens is 2. The third-order valence-corrected chi connectivity index (χ3v) is 3.29. The summed E-state index contributed by atoms with van der Waals surface area (Å²) in [5, 5.41) is 12.1. The first-order valence-electron chi connectivity index (χ1n) is 7.20. The molecule has 0 spiro atoms. The van der Waals surface area contributed by atoms with E-state index in [2.05, 4.69) is 14.9 Å². The Morgan fingerprint density at radius 3 is 2.62 bits per heavy atom. The number of nitrogens with one attached hydrogen (secondary N) is 1. The number of rotatable bonds is 9. The number of imidazole rings is 1. The second-order valence-corrected chi connectivity index (χ2v) is 5.07. The molecule has 5 heteroatoms. The van der Waals surface area contributed by atoms with Crippen molar-refractivity contribution in [1.29, 1.82) is 0 Å². The topological polar surface area (TPSA) is 67.2 Å². The molecule has 21 heavy (non-hydrogen) atoms. The van der Waals surface area contributed by atoms with Gasteiger partial charge in [0.2, 0.25) is 0 Å². The summed E-state index contributed by atoms with van der Waals surface area (Å²) >= 11 is 0. The van der Waals surface area contributed by atoms with Crippen molar-refractivity contribution in [3.05, 3.63) is 54.1 Å². The van der Waals surface area contributed by atoms with Crippen molar-refractivity contribution in [2.45, 2.75) is 32.4 Å². The maximum atomic E-state index is 10.6. The molecule has 0 bridgehead atoms. The number of hydrogen-bond acceptors (Lipinski definition) is 3. The number of unbranched alkanes of at least 4 members (excludes halogenated alkanes) is 1. The summed E-state index contributed by atoms with van der Waals surface area (Å²) in [4.78, 5) is 14.6. The molecule has 2 rings (SSSR count). The van der Waals surface area contributed by atoms with Gasteiger partial charge in [-0.25, -0.2) is 4.98 Å². The maximum Gasteiger partial charge on any atom is 0.307 e. The number of benzene rings is 1. The van der Waals surface area contributed by atoms with Crippen LogP contribution in [0.5, 0.6) is 0 Å². The summed E-state index contributed by atoms with van der Waals surface area (Å²) in [6.45, 7) is 2.80. The van der Waals surface area contributed by atoms with E-state index in [1.54, 1.807) is 6.20 Å². The molecule has 5 nitrogen and oxygen atoms in total. The van der Waals surface area contributed by atoms with Crippen LogP contribution in [0, 0.1) is 0 Å². The van der Waals surface area contributed by atoms with Gasteiger partial charge in [0.1, 0.15) is 0 Å². The van der Waals surface area contributed by atoms with E-state index >= 15 is 0 Å². The quantitative estimate of drug-likeness (QED) is 0.693. The van der Waals surface area contributed by atoms with Gasteiger partial charge in [-0.15, -0.1) is 0 Å². The highest BCUT2D eigenvalue weighted by Gasteiger charge is 2.00. The monoisotopic (exact) mass is 287 g/mol. The molecular formula is C16H21N3O2. The summed E-state index contributed by atoms with van der Waals surface area (Å²) in [6, 6.07) is 7.72. The average Bonchev–Trinajstić information content (AvgIpc) is 2.97. The lowest BCUT2D eigenvalue weighted by atomic mass is 10.1. The molecule has 1 aromatic carbocycles. The van der Waals surface area contributed by atoms with Crippen molar-refractivity contribution in [2.75, 3.05) is 6.54 Å². The Balaban J connectivity index is 1.59. The van der Waals surface area contributed by atoms with Crippen LogP contribution in [-0.4, -0.2) is 27.2 Å². The Morgan fingerprint density at radius 1 is 1.19 bits per heavy atom. The number of carbonyl (C=O) groups is 1. The highest BCUT2D eigenvalue weighted by molar-refractivity contribution is 5.70. The van der Waals surface area contributed by atoms with Crippen molar-refractivity contribution in [3.63, 3.8) is 0 Å². The molecule has 0 unspecified atom stereocenters. The van der Waals surface area contributed by atoms with E-state index < -0.39 is 5.97 Å². The van der Waals surface area contributed by atoms with E-state index in [4.69, 9.17) is 5.11 Å². The zero-order valence-electron chi connectivity index (χ0n) is 12.0. The van der Waals surface area contributed by atoms with Gasteiger partial charge in [0.15, 0.2) is 0 Å². The van der Waals surface area contributed by atoms with Gasteiger partial charge in [0.05, 0.1) is 12.7 Å². The number of aryl methyl sites for hydroxylation is 1. The van der Waals surface area contributed by atoms with Crippen LogP contribution in [0.2, 0.25) is 0 Å². The van der Waals surface area contributed by atoms with Gasteiger partial charge < -0.3 is 15.0 Å². The molecule has 0 aliphatic carbocycles. The van der Waals surface area contributed by atoms with Crippen LogP contribution in [0.25, 0.3) is 0 Å². The Morgan fingerprint density at radius 2 is 1.95 bits per heavy atom. The van der Waals surface area contributed by atoms with E-state index in [9.17, 15) is 4.79 Å². The fourth-order valence-electron chi connectivity index (χ4n) is 2.15. The molecule has 2 aromatic rings.